The Kier molecular flexibility index (Phi) is 5.71. The number of benzene rings is 2. The lowest BCUT2D eigenvalue weighted by Gasteiger charge is -2.09. The van der Waals surface area contributed by atoms with Crippen LogP contribution in [0.5, 0.6) is 0 Å². The summed E-state index contributed by atoms with van der Waals surface area (Å²) in [5.41, 5.74) is 6.94. The summed E-state index contributed by atoms with van der Waals surface area (Å²) in [6, 6.07) is 11.6. The molecule has 2 N–H and O–H groups in total. The first-order valence-electron chi connectivity index (χ1n) is 8.91. The molecule has 0 bridgehead atoms. The number of H-pyrrole nitrogens is 1. The van der Waals surface area contributed by atoms with Gasteiger partial charge in [-0.2, -0.15) is 0 Å². The second-order valence-electron chi connectivity index (χ2n) is 7.08. The summed E-state index contributed by atoms with van der Waals surface area (Å²) in [4.78, 5) is 27.9. The fourth-order valence-corrected chi connectivity index (χ4v) is 4.07. The van der Waals surface area contributed by atoms with E-state index in [4.69, 9.17) is 0 Å². The maximum atomic E-state index is 12.4. The molecular formula is C22H24N2O2S. The Hall–Kier alpha value is -2.53. The molecule has 27 heavy (non-hydrogen) atoms. The first-order chi connectivity index (χ1) is 12.8. The number of carbonyl (C=O) groups is 1. The molecule has 1 amide bonds. The molecule has 0 fully saturated rings. The number of rotatable bonds is 5. The quantitative estimate of drug-likeness (QED) is 0.678. The van der Waals surface area contributed by atoms with E-state index < -0.39 is 0 Å². The van der Waals surface area contributed by atoms with Gasteiger partial charge in [-0.05, 0) is 68.1 Å². The Labute approximate surface area is 163 Å². The van der Waals surface area contributed by atoms with Crippen molar-refractivity contribution in [1.29, 1.82) is 0 Å². The molecule has 0 saturated carbocycles. The Bertz CT molecular complexity index is 1050. The fraction of sp³-hybridized carbons (Fsp3) is 0.273. The van der Waals surface area contributed by atoms with E-state index in [1.54, 1.807) is 6.07 Å². The van der Waals surface area contributed by atoms with Gasteiger partial charge in [0.15, 0.2) is 5.43 Å². The van der Waals surface area contributed by atoms with Crippen LogP contribution in [0, 0.1) is 27.7 Å². The predicted molar refractivity (Wildman–Crippen MR) is 115 cm³/mol. The van der Waals surface area contributed by atoms with Crippen molar-refractivity contribution in [3.63, 3.8) is 0 Å². The van der Waals surface area contributed by atoms with Gasteiger partial charge in [0.2, 0.25) is 5.91 Å². The van der Waals surface area contributed by atoms with Crippen molar-refractivity contribution in [2.45, 2.75) is 33.4 Å². The molecule has 3 rings (SSSR count). The van der Waals surface area contributed by atoms with Gasteiger partial charge < -0.3 is 10.3 Å². The lowest BCUT2D eigenvalue weighted by atomic mass is 10.1. The van der Waals surface area contributed by atoms with E-state index in [-0.39, 0.29) is 11.3 Å². The summed E-state index contributed by atoms with van der Waals surface area (Å²) >= 11 is 1.49. The van der Waals surface area contributed by atoms with Gasteiger partial charge in [-0.15, -0.1) is 11.8 Å². The normalized spacial score (nSPS) is 11.0. The van der Waals surface area contributed by atoms with Crippen LogP contribution in [0.15, 0.2) is 41.2 Å². The van der Waals surface area contributed by atoms with E-state index in [9.17, 15) is 9.59 Å². The highest BCUT2D eigenvalue weighted by Crippen LogP contribution is 2.19. The molecular weight excluding hydrogens is 356 g/mol. The number of fused-ring (bicyclic) bond motifs is 1. The highest BCUT2D eigenvalue weighted by molar-refractivity contribution is 7.99. The number of amides is 1. The van der Waals surface area contributed by atoms with E-state index in [0.29, 0.717) is 16.9 Å². The average molecular weight is 381 g/mol. The van der Waals surface area contributed by atoms with Crippen LogP contribution in [0.2, 0.25) is 0 Å². The number of hydrogen-bond donors (Lipinski definition) is 2. The molecule has 0 atom stereocenters. The topological polar surface area (TPSA) is 62.0 Å². The van der Waals surface area contributed by atoms with Crippen LogP contribution in [0.25, 0.3) is 10.9 Å². The minimum atomic E-state index is -0.0417. The van der Waals surface area contributed by atoms with Gasteiger partial charge in [0.05, 0.1) is 11.3 Å². The number of thioether (sulfide) groups is 1. The number of aromatic amines is 1. The summed E-state index contributed by atoms with van der Waals surface area (Å²) in [7, 11) is 0. The van der Waals surface area contributed by atoms with E-state index in [1.165, 1.54) is 11.8 Å². The number of nitrogens with one attached hydrogen (secondary N) is 2. The van der Waals surface area contributed by atoms with E-state index >= 15 is 0 Å². The van der Waals surface area contributed by atoms with Crippen LogP contribution in [-0.4, -0.2) is 16.6 Å². The maximum Gasteiger partial charge on any atom is 0.234 e. The number of hydrogen-bond acceptors (Lipinski definition) is 3. The second kappa shape index (κ2) is 8.01. The molecule has 0 aliphatic heterocycles. The van der Waals surface area contributed by atoms with Crippen molar-refractivity contribution in [3.8, 4) is 0 Å². The van der Waals surface area contributed by atoms with Gasteiger partial charge >= 0.3 is 0 Å². The van der Waals surface area contributed by atoms with Gasteiger partial charge in [0, 0.05) is 28.6 Å². The Morgan fingerprint density at radius 2 is 1.63 bits per heavy atom. The maximum absolute atomic E-state index is 12.4. The smallest absolute Gasteiger partial charge is 0.234 e. The zero-order chi connectivity index (χ0) is 19.6. The third-order valence-corrected chi connectivity index (χ3v) is 5.31. The van der Waals surface area contributed by atoms with Crippen LogP contribution in [0.3, 0.4) is 0 Å². The number of carbonyl (C=O) groups excluding carboxylic acids is 1. The molecule has 0 radical (unpaired) electrons. The molecule has 4 nitrogen and oxygen atoms in total. The van der Waals surface area contributed by atoms with Gasteiger partial charge in [-0.3, -0.25) is 9.59 Å². The van der Waals surface area contributed by atoms with E-state index in [0.717, 1.165) is 39.2 Å². The summed E-state index contributed by atoms with van der Waals surface area (Å²) < 4.78 is 0. The van der Waals surface area contributed by atoms with Crippen molar-refractivity contribution in [2.24, 2.45) is 0 Å². The molecule has 0 spiro atoms. The molecule has 5 heteroatoms. The molecule has 140 valence electrons. The molecule has 1 heterocycles. The van der Waals surface area contributed by atoms with Crippen molar-refractivity contribution in [1.82, 2.24) is 4.98 Å². The number of anilines is 1. The van der Waals surface area contributed by atoms with Crippen LogP contribution in [0.4, 0.5) is 5.69 Å². The minimum absolute atomic E-state index is 0.0193. The lowest BCUT2D eigenvalue weighted by Crippen LogP contribution is -2.14. The first-order valence-corrected chi connectivity index (χ1v) is 10.1. The third kappa shape index (κ3) is 4.80. The molecule has 3 aromatic rings. The zero-order valence-electron chi connectivity index (χ0n) is 16.1. The summed E-state index contributed by atoms with van der Waals surface area (Å²) in [6.45, 7) is 8.01. The number of pyridine rings is 1. The van der Waals surface area contributed by atoms with Crippen LogP contribution >= 0.6 is 11.8 Å². The van der Waals surface area contributed by atoms with Crippen LogP contribution < -0.4 is 10.7 Å². The number of aromatic nitrogens is 1. The van der Waals surface area contributed by atoms with Crippen molar-refractivity contribution < 1.29 is 4.79 Å². The third-order valence-electron chi connectivity index (χ3n) is 4.33. The number of aryl methyl sites for hydroxylation is 4. The molecule has 0 saturated heterocycles. The van der Waals surface area contributed by atoms with Gasteiger partial charge in [0.25, 0.3) is 0 Å². The van der Waals surface area contributed by atoms with E-state index in [2.05, 4.69) is 22.4 Å². The van der Waals surface area contributed by atoms with Crippen molar-refractivity contribution in [2.75, 3.05) is 11.1 Å². The Morgan fingerprint density at radius 3 is 2.33 bits per heavy atom. The average Bonchev–Trinajstić information content (AvgIpc) is 2.55. The highest BCUT2D eigenvalue weighted by Gasteiger charge is 2.08. The summed E-state index contributed by atoms with van der Waals surface area (Å²) in [6.07, 6.45) is 0. The highest BCUT2D eigenvalue weighted by atomic mass is 32.2. The monoisotopic (exact) mass is 380 g/mol. The second-order valence-corrected chi connectivity index (χ2v) is 8.07. The Balaban J connectivity index is 1.65. The minimum Gasteiger partial charge on any atom is -0.357 e. The largest absolute Gasteiger partial charge is 0.357 e. The Morgan fingerprint density at radius 1 is 0.963 bits per heavy atom. The fourth-order valence-electron chi connectivity index (χ4n) is 3.34. The first kappa shape index (κ1) is 19.2. The van der Waals surface area contributed by atoms with Crippen molar-refractivity contribution in [3.05, 3.63) is 74.6 Å². The zero-order valence-corrected chi connectivity index (χ0v) is 16.9. The lowest BCUT2D eigenvalue weighted by molar-refractivity contribution is -0.113. The predicted octanol–water partition coefficient (Wildman–Crippen LogP) is 4.63. The molecule has 0 aliphatic carbocycles. The molecule has 1 aromatic heterocycles. The molecule has 2 aromatic carbocycles. The molecule has 0 unspecified atom stereocenters. The van der Waals surface area contributed by atoms with Gasteiger partial charge in [-0.25, -0.2) is 0 Å². The van der Waals surface area contributed by atoms with Crippen LogP contribution in [0.1, 0.15) is 27.9 Å². The van der Waals surface area contributed by atoms with E-state index in [1.807, 2.05) is 45.9 Å². The SMILES string of the molecule is Cc1cc(C)cc(NC(=O)CSCc2cc(=O)c3cc(C)cc(C)c3[nH]2)c1. The van der Waals surface area contributed by atoms with Crippen LogP contribution in [-0.2, 0) is 10.5 Å². The van der Waals surface area contributed by atoms with Crippen molar-refractivity contribution >= 4 is 34.3 Å². The van der Waals surface area contributed by atoms with Gasteiger partial charge in [-0.1, -0.05) is 12.1 Å². The molecule has 0 aliphatic rings. The summed E-state index contributed by atoms with van der Waals surface area (Å²) in [5.74, 6) is 0.874. The summed E-state index contributed by atoms with van der Waals surface area (Å²) in [5, 5.41) is 3.65. The standard InChI is InChI=1S/C22H24N2O2S/c1-13-5-14(2)8-17(7-13)23-21(26)12-27-11-18-10-20(25)19-9-15(3)6-16(4)22(19)24-18/h5-10H,11-12H2,1-4H3,(H,23,26)(H,24,25). The van der Waals surface area contributed by atoms with Gasteiger partial charge in [0.1, 0.15) is 0 Å².